The molecule has 1 aromatic heterocycles. The highest BCUT2D eigenvalue weighted by Gasteiger charge is 2.34. The molecule has 2 heterocycles. The largest absolute Gasteiger partial charge is 0.349 e. The zero-order valence-electron chi connectivity index (χ0n) is 9.06. The van der Waals surface area contributed by atoms with E-state index < -0.39 is 0 Å². The van der Waals surface area contributed by atoms with Gasteiger partial charge in [0.1, 0.15) is 6.07 Å². The molecular weight excluding hydrogens is 188 g/mol. The summed E-state index contributed by atoms with van der Waals surface area (Å²) in [6.45, 7) is 5.31. The van der Waals surface area contributed by atoms with Gasteiger partial charge >= 0.3 is 0 Å². The van der Waals surface area contributed by atoms with Crippen molar-refractivity contribution < 1.29 is 0 Å². The third kappa shape index (κ3) is 1.65. The Kier molecular flexibility index (Phi) is 2.31. The fourth-order valence-corrected chi connectivity index (χ4v) is 2.11. The van der Waals surface area contributed by atoms with Gasteiger partial charge in [-0.05, 0) is 26.7 Å². The summed E-state index contributed by atoms with van der Waals surface area (Å²) in [5.41, 5.74) is 0.509. The second-order valence-corrected chi connectivity index (χ2v) is 4.41. The number of aromatic nitrogens is 2. The van der Waals surface area contributed by atoms with Crippen LogP contribution in [0.5, 0.6) is 0 Å². The van der Waals surface area contributed by atoms with Crippen molar-refractivity contribution in [3.8, 4) is 6.07 Å². The minimum atomic E-state index is 0.0850. The summed E-state index contributed by atoms with van der Waals surface area (Å²) >= 11 is 0. The highest BCUT2D eigenvalue weighted by molar-refractivity contribution is 5.52. The molecule has 0 aliphatic carbocycles. The zero-order valence-corrected chi connectivity index (χ0v) is 9.06. The lowest BCUT2D eigenvalue weighted by atomic mass is 10.0. The van der Waals surface area contributed by atoms with Crippen LogP contribution in [0, 0.1) is 11.3 Å². The quantitative estimate of drug-likeness (QED) is 0.696. The van der Waals surface area contributed by atoms with Crippen LogP contribution in [0.25, 0.3) is 0 Å². The van der Waals surface area contributed by atoms with Gasteiger partial charge in [0.15, 0.2) is 11.5 Å². The van der Waals surface area contributed by atoms with Crippen LogP contribution in [0.3, 0.4) is 0 Å². The lowest BCUT2D eigenvalue weighted by Crippen LogP contribution is -2.39. The van der Waals surface area contributed by atoms with E-state index in [0.717, 1.165) is 25.2 Å². The second-order valence-electron chi connectivity index (χ2n) is 4.41. The number of hydrogen-bond donors (Lipinski definition) is 0. The maximum Gasteiger partial charge on any atom is 0.183 e. The van der Waals surface area contributed by atoms with Gasteiger partial charge in [-0.1, -0.05) is 0 Å². The maximum atomic E-state index is 8.97. The van der Waals surface area contributed by atoms with E-state index in [1.54, 1.807) is 12.4 Å². The standard InChI is InChI=1S/C11H14N4/c1-11(2)4-3-7-15(11)10-9(8-12)13-5-6-14-10/h5-6H,3-4,7H2,1-2H3. The molecule has 4 nitrogen and oxygen atoms in total. The number of nitrogens with zero attached hydrogens (tertiary/aromatic N) is 4. The third-order valence-corrected chi connectivity index (χ3v) is 2.94. The molecule has 2 rings (SSSR count). The summed E-state index contributed by atoms with van der Waals surface area (Å²) in [7, 11) is 0. The SMILES string of the molecule is CC1(C)CCCN1c1nccnc1C#N. The van der Waals surface area contributed by atoms with Gasteiger partial charge in [-0.3, -0.25) is 0 Å². The van der Waals surface area contributed by atoms with Crippen molar-refractivity contribution in [2.45, 2.75) is 32.2 Å². The Balaban J connectivity index is 2.42. The monoisotopic (exact) mass is 202 g/mol. The molecule has 0 unspecified atom stereocenters. The van der Waals surface area contributed by atoms with Crippen molar-refractivity contribution in [3.05, 3.63) is 18.1 Å². The van der Waals surface area contributed by atoms with E-state index in [-0.39, 0.29) is 5.54 Å². The summed E-state index contributed by atoms with van der Waals surface area (Å²) in [6, 6.07) is 2.09. The van der Waals surface area contributed by atoms with Crippen LogP contribution in [0.15, 0.2) is 12.4 Å². The van der Waals surface area contributed by atoms with Gasteiger partial charge in [0.25, 0.3) is 0 Å². The molecule has 0 aromatic carbocycles. The van der Waals surface area contributed by atoms with Crippen LogP contribution in [0.2, 0.25) is 0 Å². The first kappa shape index (κ1) is 9.91. The Bertz CT molecular complexity index is 405. The number of anilines is 1. The molecular formula is C11H14N4. The van der Waals surface area contributed by atoms with Gasteiger partial charge in [-0.25, -0.2) is 9.97 Å². The highest BCUT2D eigenvalue weighted by Crippen LogP contribution is 2.33. The molecule has 1 aromatic rings. The molecule has 78 valence electrons. The lowest BCUT2D eigenvalue weighted by Gasteiger charge is -2.32. The number of rotatable bonds is 1. The van der Waals surface area contributed by atoms with E-state index in [4.69, 9.17) is 5.26 Å². The fourth-order valence-electron chi connectivity index (χ4n) is 2.11. The minimum absolute atomic E-state index is 0.0850. The Hall–Kier alpha value is -1.63. The van der Waals surface area contributed by atoms with E-state index in [1.165, 1.54) is 0 Å². The van der Waals surface area contributed by atoms with Gasteiger partial charge in [0, 0.05) is 24.5 Å². The van der Waals surface area contributed by atoms with E-state index >= 15 is 0 Å². The molecule has 1 aliphatic rings. The lowest BCUT2D eigenvalue weighted by molar-refractivity contribution is 0.513. The molecule has 0 N–H and O–H groups in total. The Morgan fingerprint density at radius 2 is 2.13 bits per heavy atom. The summed E-state index contributed by atoms with van der Waals surface area (Å²) in [5.74, 6) is 0.725. The first-order valence-corrected chi connectivity index (χ1v) is 5.14. The normalized spacial score (nSPS) is 18.9. The molecule has 0 saturated carbocycles. The number of nitriles is 1. The molecule has 0 atom stereocenters. The van der Waals surface area contributed by atoms with Crippen molar-refractivity contribution in [1.82, 2.24) is 9.97 Å². The average Bonchev–Trinajstić information content (AvgIpc) is 2.58. The van der Waals surface area contributed by atoms with Crippen LogP contribution >= 0.6 is 0 Å². The summed E-state index contributed by atoms with van der Waals surface area (Å²) in [5, 5.41) is 8.97. The Labute approximate surface area is 89.6 Å². The Morgan fingerprint density at radius 1 is 1.40 bits per heavy atom. The van der Waals surface area contributed by atoms with Gasteiger partial charge in [-0.15, -0.1) is 0 Å². The van der Waals surface area contributed by atoms with Gasteiger partial charge in [-0.2, -0.15) is 5.26 Å². The van der Waals surface area contributed by atoms with Crippen LogP contribution < -0.4 is 4.90 Å². The molecule has 0 radical (unpaired) electrons. The molecule has 0 spiro atoms. The molecule has 0 amide bonds. The van der Waals surface area contributed by atoms with Crippen LogP contribution in [-0.4, -0.2) is 22.1 Å². The average molecular weight is 202 g/mol. The molecule has 1 saturated heterocycles. The predicted octanol–water partition coefficient (Wildman–Crippen LogP) is 1.73. The molecule has 0 bridgehead atoms. The topological polar surface area (TPSA) is 52.8 Å². The van der Waals surface area contributed by atoms with Crippen LogP contribution in [0.4, 0.5) is 5.82 Å². The second kappa shape index (κ2) is 3.50. The summed E-state index contributed by atoms with van der Waals surface area (Å²) < 4.78 is 0. The van der Waals surface area contributed by atoms with Crippen molar-refractivity contribution in [1.29, 1.82) is 5.26 Å². The van der Waals surface area contributed by atoms with Crippen molar-refractivity contribution >= 4 is 5.82 Å². The van der Waals surface area contributed by atoms with Crippen molar-refractivity contribution in [3.63, 3.8) is 0 Å². The summed E-state index contributed by atoms with van der Waals surface area (Å²) in [6.07, 6.45) is 5.48. The van der Waals surface area contributed by atoms with E-state index in [1.807, 2.05) is 0 Å². The number of hydrogen-bond acceptors (Lipinski definition) is 4. The first-order chi connectivity index (χ1) is 7.15. The molecule has 15 heavy (non-hydrogen) atoms. The van der Waals surface area contributed by atoms with Gasteiger partial charge in [0.05, 0.1) is 0 Å². The highest BCUT2D eigenvalue weighted by atomic mass is 15.3. The molecule has 4 heteroatoms. The van der Waals surface area contributed by atoms with Crippen molar-refractivity contribution in [2.24, 2.45) is 0 Å². The van der Waals surface area contributed by atoms with Crippen molar-refractivity contribution in [2.75, 3.05) is 11.4 Å². The zero-order chi connectivity index (χ0) is 10.9. The molecule has 1 fully saturated rings. The van der Waals surface area contributed by atoms with E-state index in [2.05, 4.69) is 34.8 Å². The third-order valence-electron chi connectivity index (χ3n) is 2.94. The summed E-state index contributed by atoms with van der Waals surface area (Å²) in [4.78, 5) is 10.5. The smallest absolute Gasteiger partial charge is 0.183 e. The van der Waals surface area contributed by atoms with E-state index in [0.29, 0.717) is 5.69 Å². The molecule has 1 aliphatic heterocycles. The first-order valence-electron chi connectivity index (χ1n) is 5.14. The Morgan fingerprint density at radius 3 is 2.73 bits per heavy atom. The van der Waals surface area contributed by atoms with E-state index in [9.17, 15) is 0 Å². The van der Waals surface area contributed by atoms with Gasteiger partial charge < -0.3 is 4.90 Å². The fraction of sp³-hybridized carbons (Fsp3) is 0.545. The maximum absolute atomic E-state index is 8.97. The predicted molar refractivity (Wildman–Crippen MR) is 57.4 cm³/mol. The van der Waals surface area contributed by atoms with Crippen LogP contribution in [0.1, 0.15) is 32.4 Å². The van der Waals surface area contributed by atoms with Gasteiger partial charge in [0.2, 0.25) is 0 Å². The minimum Gasteiger partial charge on any atom is -0.349 e. The van der Waals surface area contributed by atoms with Crippen LogP contribution in [-0.2, 0) is 0 Å².